The molecule has 7 aromatic carbocycles. The molecule has 7 aromatic rings. The van der Waals surface area contributed by atoms with Gasteiger partial charge in [0.15, 0.2) is 5.75 Å². The average Bonchev–Trinajstić information content (AvgIpc) is 1.37. The Morgan fingerprint density at radius 3 is 1.37 bits per heavy atom. The number of nitrogens with zero attached hydrogens (tertiary/aromatic N) is 6. The number of benzene rings is 7. The zero-order valence-electron chi connectivity index (χ0n) is 48.7. The number of phenols is 1. The first-order valence-corrected chi connectivity index (χ1v) is 28.4. The smallest absolute Gasteiger partial charge is 0.311 e. The second kappa shape index (κ2) is 36.9. The number of nitrogens with one attached hydrogen (secondary N) is 1. The van der Waals surface area contributed by atoms with Gasteiger partial charge < -0.3 is 64.0 Å². The van der Waals surface area contributed by atoms with Gasteiger partial charge in [-0.25, -0.2) is 0 Å². The van der Waals surface area contributed by atoms with Gasteiger partial charge in [0.2, 0.25) is 23.3 Å². The first-order chi connectivity index (χ1) is 43.9. The molecule has 11 rings (SSSR count). The van der Waals surface area contributed by atoms with Gasteiger partial charge in [-0.05, 0) is 79.6 Å². The highest BCUT2D eigenvalue weighted by atomic mass is 35.5. The van der Waals surface area contributed by atoms with E-state index in [4.69, 9.17) is 55.6 Å². The molecule has 0 aromatic heterocycles. The topological polar surface area (TPSA) is 330 Å². The fourth-order valence-corrected chi connectivity index (χ4v) is 8.30. The average molecular weight is 1280 g/mol. The highest BCUT2D eigenvalue weighted by Crippen LogP contribution is 2.36. The Hall–Kier alpha value is -10.2. The number of phenolic OH excluding ortho intramolecular Hbond substituents is 1. The van der Waals surface area contributed by atoms with Crippen LogP contribution in [0.5, 0.6) is 28.7 Å². The molecule has 0 bridgehead atoms. The van der Waals surface area contributed by atoms with E-state index in [1.165, 1.54) is 46.9 Å². The number of para-hydroxylation sites is 3. The van der Waals surface area contributed by atoms with Crippen LogP contribution in [0.3, 0.4) is 0 Å². The molecule has 4 N–H and O–H groups in total. The van der Waals surface area contributed by atoms with Crippen molar-refractivity contribution in [2.24, 2.45) is 0 Å². The normalized spacial score (nSPS) is 14.1. The molecule has 0 unspecified atom stereocenters. The third-order valence-electron chi connectivity index (χ3n) is 12.6. The van der Waals surface area contributed by atoms with Crippen LogP contribution in [0.4, 0.5) is 54.3 Å². The van der Waals surface area contributed by atoms with Gasteiger partial charge in [-0.3, -0.25) is 49.5 Å². The molecule has 29 heteroatoms. The lowest BCUT2D eigenvalue weighted by atomic mass is 10.2. The fraction of sp³-hybridized carbons (Fsp3) is 0.258. The number of anilines is 5. The van der Waals surface area contributed by atoms with Crippen molar-refractivity contribution in [1.82, 2.24) is 0 Å². The maximum atomic E-state index is 13.4. The standard InChI is InChI=1S/C16H14N2O5.C16H16N2O3.C10H10ClFN2O4.C10H9FN2O4.C6H6O.C4H8O/c19-16-11-22-9-8-17(16)12-6-7-14(18(20)21)15(10-12)23-13-4-2-1-3-5-13;17-14-7-6-12(18-8-9-20-11-16(18)19)10-15(14)21-13-4-2-1-3-5-13;11-3-4-18-6-10(15)13-7-1-2-9(14(16)17)8(12)5-7;11-8-5-7(1-2-9(8)13(15)16)12-3-4-17-6-10(12)14;7-6-4-2-1-3-5-6;1-2-4-5-3-1/h1-7,10H,8-9,11H2;1-7,10H,8-9,11,17H2;1-2,5H,3-4,6H2,(H,13,15);1-2,5H,3-4,6H2;1-5,7H;1-4H2. The van der Waals surface area contributed by atoms with Gasteiger partial charge in [-0.15, -0.1) is 11.6 Å². The molecule has 4 fully saturated rings. The zero-order chi connectivity index (χ0) is 65.5. The number of nitrogen functional groups attached to an aromatic ring is 1. The Bertz CT molecular complexity index is 3540. The molecule has 4 heterocycles. The van der Waals surface area contributed by atoms with Crippen LogP contribution >= 0.6 is 11.6 Å². The second-order valence-electron chi connectivity index (χ2n) is 19.0. The van der Waals surface area contributed by atoms with E-state index in [-0.39, 0.29) is 73.8 Å². The molecule has 26 nitrogen and oxygen atoms in total. The summed E-state index contributed by atoms with van der Waals surface area (Å²) in [5.41, 5.74) is 6.82. The van der Waals surface area contributed by atoms with E-state index >= 15 is 0 Å². The summed E-state index contributed by atoms with van der Waals surface area (Å²) in [7, 11) is 0. The molecule has 4 amide bonds. The molecule has 0 atom stereocenters. The van der Waals surface area contributed by atoms with Crippen LogP contribution in [-0.2, 0) is 42.9 Å². The fourth-order valence-electron chi connectivity index (χ4n) is 8.19. The highest BCUT2D eigenvalue weighted by Gasteiger charge is 2.26. The van der Waals surface area contributed by atoms with Gasteiger partial charge in [-0.1, -0.05) is 54.6 Å². The molecule has 4 aliphatic heterocycles. The number of aromatic hydroxyl groups is 1. The van der Waals surface area contributed by atoms with Gasteiger partial charge in [0.05, 0.1) is 46.9 Å². The number of amides is 4. The molecule has 0 spiro atoms. The summed E-state index contributed by atoms with van der Waals surface area (Å²) in [6.45, 7) is 4.65. The Kier molecular flexibility index (Phi) is 28.4. The molecular formula is C62H63ClF2N8O18. The van der Waals surface area contributed by atoms with Crippen LogP contribution in [0.1, 0.15) is 12.8 Å². The Labute approximate surface area is 524 Å². The van der Waals surface area contributed by atoms with Gasteiger partial charge in [0.1, 0.15) is 43.7 Å². The first-order valence-electron chi connectivity index (χ1n) is 27.8. The minimum absolute atomic E-state index is 0.00582. The summed E-state index contributed by atoms with van der Waals surface area (Å²) in [6, 6.07) is 43.1. The van der Waals surface area contributed by atoms with E-state index in [1.54, 1.807) is 71.6 Å². The third kappa shape index (κ3) is 23.0. The van der Waals surface area contributed by atoms with E-state index in [0.717, 1.165) is 43.2 Å². The number of morpholine rings is 3. The predicted octanol–water partition coefficient (Wildman–Crippen LogP) is 10.4. The van der Waals surface area contributed by atoms with Crippen LogP contribution in [0.2, 0.25) is 0 Å². The Morgan fingerprint density at radius 2 is 0.967 bits per heavy atom. The predicted molar refractivity (Wildman–Crippen MR) is 331 cm³/mol. The van der Waals surface area contributed by atoms with E-state index < -0.39 is 43.7 Å². The molecule has 0 saturated carbocycles. The highest BCUT2D eigenvalue weighted by molar-refractivity contribution is 6.18. The molecule has 4 saturated heterocycles. The van der Waals surface area contributed by atoms with Gasteiger partial charge in [0.25, 0.3) is 17.7 Å². The lowest BCUT2D eigenvalue weighted by Crippen LogP contribution is -2.41. The number of rotatable bonds is 15. The number of carbonyl (C=O) groups is 4. The summed E-state index contributed by atoms with van der Waals surface area (Å²) in [5, 5.41) is 43.0. The largest absolute Gasteiger partial charge is 0.508 e. The van der Waals surface area contributed by atoms with Gasteiger partial charge >= 0.3 is 17.1 Å². The van der Waals surface area contributed by atoms with Crippen LogP contribution in [0.15, 0.2) is 164 Å². The molecule has 0 radical (unpaired) electrons. The number of alkyl halides is 1. The number of hydrogen-bond donors (Lipinski definition) is 3. The van der Waals surface area contributed by atoms with Crippen molar-refractivity contribution in [3.05, 3.63) is 206 Å². The van der Waals surface area contributed by atoms with E-state index in [1.807, 2.05) is 48.5 Å². The lowest BCUT2D eigenvalue weighted by Gasteiger charge is -2.27. The van der Waals surface area contributed by atoms with Crippen molar-refractivity contribution in [3.63, 3.8) is 0 Å². The zero-order valence-corrected chi connectivity index (χ0v) is 49.4. The summed E-state index contributed by atoms with van der Waals surface area (Å²) < 4.78 is 63.0. The van der Waals surface area contributed by atoms with Crippen molar-refractivity contribution in [3.8, 4) is 28.7 Å². The molecule has 91 heavy (non-hydrogen) atoms. The van der Waals surface area contributed by atoms with Crippen molar-refractivity contribution in [2.45, 2.75) is 12.8 Å². The summed E-state index contributed by atoms with van der Waals surface area (Å²) >= 11 is 5.34. The molecule has 480 valence electrons. The monoisotopic (exact) mass is 1280 g/mol. The third-order valence-corrected chi connectivity index (χ3v) is 12.7. The SMILES string of the molecule is C1CCOC1.Nc1ccc(N2CCOCC2=O)cc1Oc1ccccc1.O=C(COCCCl)Nc1ccc([N+](=O)[O-])c(F)c1.O=C1COCCN1c1ccc([N+](=O)[O-])c(F)c1.O=C1COCCN1c1ccc([N+](=O)[O-])c(Oc2ccccc2)c1.Oc1ccccc1. The Morgan fingerprint density at radius 1 is 0.549 bits per heavy atom. The Balaban J connectivity index is 0.000000182. The number of nitrogens with two attached hydrogens (primary N) is 1. The number of nitro benzene ring substituents is 3. The van der Waals surface area contributed by atoms with Crippen molar-refractivity contribution < 1.29 is 81.0 Å². The number of nitro groups is 3. The second-order valence-corrected chi connectivity index (χ2v) is 19.4. The molecular weight excluding hydrogens is 1220 g/mol. The van der Waals surface area contributed by atoms with Crippen LogP contribution < -0.4 is 35.2 Å². The van der Waals surface area contributed by atoms with Crippen molar-refractivity contribution in [2.75, 3.05) is 117 Å². The van der Waals surface area contributed by atoms with Gasteiger partial charge in [0, 0.05) is 104 Å². The maximum absolute atomic E-state index is 13.4. The molecule has 0 aliphatic carbocycles. The van der Waals surface area contributed by atoms with Crippen molar-refractivity contribution in [1.29, 1.82) is 0 Å². The molecule has 4 aliphatic rings. The van der Waals surface area contributed by atoms with Crippen LogP contribution in [-0.4, -0.2) is 135 Å². The minimum atomic E-state index is -1.01. The lowest BCUT2D eigenvalue weighted by molar-refractivity contribution is -0.387. The number of carbonyl (C=O) groups excluding carboxylic acids is 4. The van der Waals surface area contributed by atoms with Gasteiger partial charge in [-0.2, -0.15) is 8.78 Å². The first kappa shape index (κ1) is 69.9. The van der Waals surface area contributed by atoms with E-state index in [0.29, 0.717) is 79.5 Å². The number of ether oxygens (including phenoxy) is 7. The van der Waals surface area contributed by atoms with Crippen molar-refractivity contribution >= 4 is 80.7 Å². The maximum Gasteiger partial charge on any atom is 0.311 e. The number of halogens is 3. The van der Waals surface area contributed by atoms with Crippen LogP contribution in [0.25, 0.3) is 0 Å². The number of hydrogen-bond acceptors (Lipinski definition) is 19. The van der Waals surface area contributed by atoms with E-state index in [2.05, 4.69) is 5.32 Å². The quantitative estimate of drug-likeness (QED) is 0.0282. The van der Waals surface area contributed by atoms with Crippen LogP contribution in [0, 0.1) is 42.0 Å². The summed E-state index contributed by atoms with van der Waals surface area (Å²) in [4.78, 5) is 80.9. The summed E-state index contributed by atoms with van der Waals surface area (Å²) in [5.74, 6) is -0.579. The minimum Gasteiger partial charge on any atom is -0.508 e. The summed E-state index contributed by atoms with van der Waals surface area (Å²) in [6.07, 6.45) is 2.56. The van der Waals surface area contributed by atoms with E-state index in [9.17, 15) is 58.3 Å².